The van der Waals surface area contributed by atoms with Crippen molar-refractivity contribution in [2.75, 3.05) is 0 Å². The van der Waals surface area contributed by atoms with Crippen LogP contribution in [0.2, 0.25) is 0 Å². The highest BCUT2D eigenvalue weighted by molar-refractivity contribution is 5.68. The number of alkyl halides is 3. The first kappa shape index (κ1) is 12.6. The number of halogens is 4. The van der Waals surface area contributed by atoms with Crippen LogP contribution in [0.4, 0.5) is 17.6 Å². The van der Waals surface area contributed by atoms with E-state index in [0.29, 0.717) is 5.56 Å². The van der Waals surface area contributed by atoms with Crippen molar-refractivity contribution < 1.29 is 17.6 Å². The van der Waals surface area contributed by atoms with Gasteiger partial charge < -0.3 is 0 Å². The second-order valence-electron chi connectivity index (χ2n) is 4.06. The molecule has 0 amide bonds. The van der Waals surface area contributed by atoms with Crippen LogP contribution in [-0.4, -0.2) is 0 Å². The molecule has 2 rings (SSSR count). The normalized spacial score (nSPS) is 11.6. The minimum Gasteiger partial charge on any atom is -0.207 e. The molecule has 0 saturated carbocycles. The summed E-state index contributed by atoms with van der Waals surface area (Å²) < 4.78 is 51.7. The fourth-order valence-corrected chi connectivity index (χ4v) is 1.80. The van der Waals surface area contributed by atoms with Crippen molar-refractivity contribution >= 4 is 0 Å². The van der Waals surface area contributed by atoms with Gasteiger partial charge in [0.2, 0.25) is 0 Å². The molecule has 0 atom stereocenters. The molecule has 0 aliphatic heterocycles. The van der Waals surface area contributed by atoms with Crippen LogP contribution in [0.1, 0.15) is 11.1 Å². The quantitative estimate of drug-likeness (QED) is 0.640. The number of rotatable bonds is 1. The summed E-state index contributed by atoms with van der Waals surface area (Å²) in [6.45, 7) is 1.70. The molecule has 0 N–H and O–H groups in total. The van der Waals surface area contributed by atoms with Gasteiger partial charge in [-0.3, -0.25) is 0 Å². The number of aryl methyl sites for hydroxylation is 1. The molecule has 0 aliphatic carbocycles. The Kier molecular flexibility index (Phi) is 3.11. The second kappa shape index (κ2) is 4.44. The zero-order valence-corrected chi connectivity index (χ0v) is 9.55. The van der Waals surface area contributed by atoms with E-state index >= 15 is 0 Å². The number of hydrogen-bond donors (Lipinski definition) is 0. The van der Waals surface area contributed by atoms with E-state index in [0.717, 1.165) is 12.1 Å². The summed E-state index contributed by atoms with van der Waals surface area (Å²) in [6.07, 6.45) is -4.45. The minimum atomic E-state index is -4.45. The van der Waals surface area contributed by atoms with Crippen LogP contribution in [0.3, 0.4) is 0 Å². The molecule has 18 heavy (non-hydrogen) atoms. The van der Waals surface area contributed by atoms with Gasteiger partial charge in [-0.2, -0.15) is 13.2 Å². The molecule has 0 aromatic heterocycles. The van der Waals surface area contributed by atoms with Gasteiger partial charge in [-0.15, -0.1) is 0 Å². The minimum absolute atomic E-state index is 0.00185. The Balaban J connectivity index is 2.66. The van der Waals surface area contributed by atoms with Crippen molar-refractivity contribution in [2.45, 2.75) is 13.1 Å². The zero-order chi connectivity index (χ0) is 13.3. The SMILES string of the molecule is Cc1ccc(C(F)(F)F)c(-c2cccc(F)c2)c1. The van der Waals surface area contributed by atoms with Crippen LogP contribution in [-0.2, 0) is 6.18 Å². The van der Waals surface area contributed by atoms with E-state index < -0.39 is 17.6 Å². The Morgan fingerprint density at radius 3 is 2.28 bits per heavy atom. The van der Waals surface area contributed by atoms with Crippen LogP contribution in [0, 0.1) is 12.7 Å². The third-order valence-electron chi connectivity index (χ3n) is 2.62. The van der Waals surface area contributed by atoms with E-state index in [1.54, 1.807) is 6.92 Å². The Morgan fingerprint density at radius 2 is 1.67 bits per heavy atom. The molecule has 0 aliphatic rings. The van der Waals surface area contributed by atoms with Gasteiger partial charge in [-0.05, 0) is 36.2 Å². The average molecular weight is 254 g/mol. The first-order valence-electron chi connectivity index (χ1n) is 5.32. The van der Waals surface area contributed by atoms with E-state index in [1.165, 1.54) is 30.3 Å². The number of benzene rings is 2. The van der Waals surface area contributed by atoms with Gasteiger partial charge in [0, 0.05) is 0 Å². The van der Waals surface area contributed by atoms with Crippen molar-refractivity contribution in [3.05, 3.63) is 59.4 Å². The molecule has 0 radical (unpaired) electrons. The highest BCUT2D eigenvalue weighted by atomic mass is 19.4. The van der Waals surface area contributed by atoms with Gasteiger partial charge in [0.15, 0.2) is 0 Å². The molecule has 0 fully saturated rings. The third kappa shape index (κ3) is 2.53. The summed E-state index contributed by atoms with van der Waals surface area (Å²) in [6, 6.07) is 9.00. The molecule has 94 valence electrons. The number of hydrogen-bond acceptors (Lipinski definition) is 0. The fourth-order valence-electron chi connectivity index (χ4n) is 1.80. The van der Waals surface area contributed by atoms with Crippen LogP contribution in [0.25, 0.3) is 11.1 Å². The van der Waals surface area contributed by atoms with E-state index in [1.807, 2.05) is 0 Å². The van der Waals surface area contributed by atoms with Crippen molar-refractivity contribution in [1.82, 2.24) is 0 Å². The van der Waals surface area contributed by atoms with Crippen LogP contribution in [0.5, 0.6) is 0 Å². The molecule has 0 nitrogen and oxygen atoms in total. The highest BCUT2D eigenvalue weighted by Gasteiger charge is 2.33. The molecule has 2 aromatic rings. The Hall–Kier alpha value is -1.84. The van der Waals surface area contributed by atoms with Gasteiger partial charge in [0.05, 0.1) is 5.56 Å². The summed E-state index contributed by atoms with van der Waals surface area (Å²) >= 11 is 0. The van der Waals surface area contributed by atoms with E-state index in [9.17, 15) is 17.6 Å². The highest BCUT2D eigenvalue weighted by Crippen LogP contribution is 2.37. The van der Waals surface area contributed by atoms with Crippen molar-refractivity contribution in [1.29, 1.82) is 0 Å². The predicted molar refractivity (Wildman–Crippen MR) is 61.6 cm³/mol. The van der Waals surface area contributed by atoms with Crippen LogP contribution < -0.4 is 0 Å². The van der Waals surface area contributed by atoms with Gasteiger partial charge in [-0.25, -0.2) is 4.39 Å². The molecular formula is C14H10F4. The summed E-state index contributed by atoms with van der Waals surface area (Å²) in [5.41, 5.74) is 0.175. The van der Waals surface area contributed by atoms with Crippen molar-refractivity contribution in [2.24, 2.45) is 0 Å². The maximum absolute atomic E-state index is 13.1. The fraction of sp³-hybridized carbons (Fsp3) is 0.143. The van der Waals surface area contributed by atoms with E-state index in [-0.39, 0.29) is 11.1 Å². The average Bonchev–Trinajstić information content (AvgIpc) is 2.27. The van der Waals surface area contributed by atoms with Crippen molar-refractivity contribution in [3.63, 3.8) is 0 Å². The largest absolute Gasteiger partial charge is 0.417 e. The second-order valence-corrected chi connectivity index (χ2v) is 4.06. The van der Waals surface area contributed by atoms with Gasteiger partial charge in [-0.1, -0.05) is 29.8 Å². The molecule has 0 unspecified atom stereocenters. The zero-order valence-electron chi connectivity index (χ0n) is 9.55. The third-order valence-corrected chi connectivity index (χ3v) is 2.62. The van der Waals surface area contributed by atoms with Gasteiger partial charge >= 0.3 is 6.18 Å². The summed E-state index contributed by atoms with van der Waals surface area (Å²) in [5.74, 6) is -0.554. The Morgan fingerprint density at radius 1 is 0.944 bits per heavy atom. The molecule has 4 heteroatoms. The van der Waals surface area contributed by atoms with Crippen molar-refractivity contribution in [3.8, 4) is 11.1 Å². The summed E-state index contributed by atoms with van der Waals surface area (Å²) in [4.78, 5) is 0. The van der Waals surface area contributed by atoms with Gasteiger partial charge in [0.25, 0.3) is 0 Å². The first-order chi connectivity index (χ1) is 8.38. The Labute approximate surface area is 102 Å². The monoisotopic (exact) mass is 254 g/mol. The maximum Gasteiger partial charge on any atom is 0.417 e. The first-order valence-corrected chi connectivity index (χ1v) is 5.32. The lowest BCUT2D eigenvalue weighted by atomic mass is 9.97. The van der Waals surface area contributed by atoms with Crippen LogP contribution >= 0.6 is 0 Å². The molecule has 0 bridgehead atoms. The maximum atomic E-state index is 13.1. The lowest BCUT2D eigenvalue weighted by molar-refractivity contribution is -0.137. The van der Waals surface area contributed by atoms with Crippen LogP contribution in [0.15, 0.2) is 42.5 Å². The van der Waals surface area contributed by atoms with Gasteiger partial charge in [0.1, 0.15) is 5.82 Å². The van der Waals surface area contributed by atoms with E-state index in [2.05, 4.69) is 0 Å². The molecular weight excluding hydrogens is 244 g/mol. The lowest BCUT2D eigenvalue weighted by Gasteiger charge is -2.13. The Bertz CT molecular complexity index is 570. The topological polar surface area (TPSA) is 0 Å². The smallest absolute Gasteiger partial charge is 0.207 e. The summed E-state index contributed by atoms with van der Waals surface area (Å²) in [5, 5.41) is 0. The molecule has 0 saturated heterocycles. The standard InChI is InChI=1S/C14H10F4/c1-9-5-6-13(14(16,17)18)12(7-9)10-3-2-4-11(15)8-10/h2-8H,1H3. The summed E-state index contributed by atoms with van der Waals surface area (Å²) in [7, 11) is 0. The molecule has 0 spiro atoms. The lowest BCUT2D eigenvalue weighted by Crippen LogP contribution is -2.07. The molecule has 0 heterocycles. The van der Waals surface area contributed by atoms with E-state index in [4.69, 9.17) is 0 Å². The predicted octanol–water partition coefficient (Wildman–Crippen LogP) is 4.82. The molecule has 2 aromatic carbocycles.